The molecule has 0 aromatic heterocycles. The average Bonchev–Trinajstić information content (AvgIpc) is 3.55. The second-order valence-electron chi connectivity index (χ2n) is 23.5. The molecule has 1 heterocycles. The smallest absolute Gasteiger partial charge is 0.306 e. The maximum absolute atomic E-state index is 14.6. The number of benzene rings is 1. The van der Waals surface area contributed by atoms with Crippen LogP contribution in [-0.4, -0.2) is 65.0 Å². The normalized spacial score (nSPS) is 39.7. The number of rotatable bonds is 9. The first-order valence-corrected chi connectivity index (χ1v) is 23.9. The zero-order chi connectivity index (χ0) is 42.3. The van der Waals surface area contributed by atoms with Crippen molar-refractivity contribution >= 4 is 17.8 Å². The highest BCUT2D eigenvalue weighted by Gasteiger charge is 2.71. The van der Waals surface area contributed by atoms with Gasteiger partial charge < -0.3 is 14.7 Å². The Bertz CT molecular complexity index is 1810. The molecule has 11 atom stereocenters. The molecule has 5 saturated carbocycles. The molecule has 1 aromatic carbocycles. The molecule has 60 heavy (non-hydrogen) atoms. The fraction of sp³-hybridized carbons (Fsp3) is 0.792. The highest BCUT2D eigenvalue weighted by atomic mass is 16.5. The van der Waals surface area contributed by atoms with Crippen molar-refractivity contribution < 1.29 is 24.2 Å². The summed E-state index contributed by atoms with van der Waals surface area (Å²) in [5.41, 5.74) is 4.19. The van der Waals surface area contributed by atoms with E-state index in [0.29, 0.717) is 48.0 Å². The highest BCUT2D eigenvalue weighted by molar-refractivity contribution is 5.77. The first kappa shape index (κ1) is 45.4. The number of carboxylic acids is 1. The van der Waals surface area contributed by atoms with Crippen LogP contribution in [0, 0.1) is 62.1 Å². The Morgan fingerprint density at radius 1 is 0.833 bits per heavy atom. The fourth-order valence-electron chi connectivity index (χ4n) is 16.6. The van der Waals surface area contributed by atoms with Crippen molar-refractivity contribution in [2.45, 2.75) is 178 Å². The second kappa shape index (κ2) is 16.2. The molecular formula is C53H82N2O5. The van der Waals surface area contributed by atoms with Crippen molar-refractivity contribution in [3.05, 3.63) is 47.5 Å². The lowest BCUT2D eigenvalue weighted by Crippen LogP contribution is -2.67. The number of aliphatic carboxylic acids is 1. The van der Waals surface area contributed by atoms with E-state index in [1.165, 1.54) is 68.1 Å². The number of amides is 1. The van der Waals surface area contributed by atoms with Crippen LogP contribution in [0.15, 0.2) is 36.4 Å². The lowest BCUT2D eigenvalue weighted by molar-refractivity contribution is -0.250. The maximum atomic E-state index is 14.6. The molecule has 7 heteroatoms. The van der Waals surface area contributed by atoms with Crippen LogP contribution in [-0.2, 0) is 25.5 Å². The Hall–Kier alpha value is -2.67. The number of carboxylic acid groups (broad SMARTS) is 1. The minimum absolute atomic E-state index is 0. The van der Waals surface area contributed by atoms with Gasteiger partial charge in [-0.3, -0.25) is 19.3 Å². The largest absolute Gasteiger partial charge is 0.481 e. The Morgan fingerprint density at radius 3 is 2.25 bits per heavy atom. The van der Waals surface area contributed by atoms with Gasteiger partial charge in [-0.25, -0.2) is 0 Å². The van der Waals surface area contributed by atoms with Crippen molar-refractivity contribution in [2.24, 2.45) is 62.1 Å². The molecule has 0 spiro atoms. The predicted octanol–water partition coefficient (Wildman–Crippen LogP) is 11.7. The number of carbonyl (C=O) groups is 3. The number of hydrogen-bond donors (Lipinski definition) is 1. The van der Waals surface area contributed by atoms with E-state index in [9.17, 15) is 19.5 Å². The molecule has 1 aromatic rings. The molecule has 8 rings (SSSR count). The Morgan fingerprint density at radius 2 is 1.55 bits per heavy atom. The van der Waals surface area contributed by atoms with Gasteiger partial charge in [0.2, 0.25) is 5.91 Å². The van der Waals surface area contributed by atoms with E-state index in [1.807, 2.05) is 13.8 Å². The average molecular weight is 827 g/mol. The van der Waals surface area contributed by atoms with E-state index < -0.39 is 11.4 Å². The molecule has 6 fully saturated rings. The summed E-state index contributed by atoms with van der Waals surface area (Å²) in [5, 5.41) is 9.40. The lowest BCUT2D eigenvalue weighted by atomic mass is 9.32. The first-order valence-electron chi connectivity index (χ1n) is 23.9. The van der Waals surface area contributed by atoms with Gasteiger partial charge in [0.15, 0.2) is 0 Å². The monoisotopic (exact) mass is 827 g/mol. The van der Waals surface area contributed by atoms with Crippen molar-refractivity contribution in [2.75, 3.05) is 26.2 Å². The number of hydrogen-bond acceptors (Lipinski definition) is 5. The second-order valence-corrected chi connectivity index (χ2v) is 23.5. The first-order chi connectivity index (χ1) is 27.7. The third-order valence-electron chi connectivity index (χ3n) is 19.7. The van der Waals surface area contributed by atoms with Crippen molar-refractivity contribution in [3.63, 3.8) is 0 Å². The summed E-state index contributed by atoms with van der Waals surface area (Å²) < 4.78 is 6.33. The van der Waals surface area contributed by atoms with Crippen LogP contribution in [0.25, 0.3) is 0 Å². The summed E-state index contributed by atoms with van der Waals surface area (Å²) in [6.45, 7) is 26.9. The zero-order valence-corrected chi connectivity index (χ0v) is 38.2. The summed E-state index contributed by atoms with van der Waals surface area (Å²) >= 11 is 0. The van der Waals surface area contributed by atoms with Gasteiger partial charge in [0.1, 0.15) is 6.10 Å². The minimum atomic E-state index is -0.879. The van der Waals surface area contributed by atoms with Gasteiger partial charge in [0.05, 0.1) is 12.8 Å². The third-order valence-corrected chi connectivity index (χ3v) is 19.7. The number of esters is 1. The summed E-state index contributed by atoms with van der Waals surface area (Å²) in [6, 6.07) is 9.52. The van der Waals surface area contributed by atoms with E-state index in [-0.39, 0.29) is 59.4 Å². The lowest BCUT2D eigenvalue weighted by Gasteiger charge is -2.73. The molecule has 0 radical (unpaired) electrons. The molecule has 1 aliphatic heterocycles. The summed E-state index contributed by atoms with van der Waals surface area (Å²) in [4.78, 5) is 44.3. The topological polar surface area (TPSA) is 87.2 Å². The molecule has 334 valence electrons. The molecular weight excluding hydrogens is 745 g/mol. The van der Waals surface area contributed by atoms with E-state index >= 15 is 0 Å². The van der Waals surface area contributed by atoms with Crippen molar-refractivity contribution in [1.82, 2.24) is 9.80 Å². The number of aryl methyl sites for hydroxylation is 1. The highest BCUT2D eigenvalue weighted by Crippen LogP contribution is 2.78. The minimum Gasteiger partial charge on any atom is -0.481 e. The number of ether oxygens (including phenoxy) is 1. The van der Waals surface area contributed by atoms with Crippen LogP contribution in [0.2, 0.25) is 0 Å². The van der Waals surface area contributed by atoms with Crippen LogP contribution >= 0.6 is 0 Å². The van der Waals surface area contributed by atoms with Crippen LogP contribution < -0.4 is 0 Å². The van der Waals surface area contributed by atoms with Gasteiger partial charge in [-0.05, 0) is 158 Å². The van der Waals surface area contributed by atoms with Crippen molar-refractivity contribution in [1.29, 1.82) is 0 Å². The summed E-state index contributed by atoms with van der Waals surface area (Å²) in [7, 11) is 0. The number of carbonyl (C=O) groups excluding carboxylic acids is 2. The van der Waals surface area contributed by atoms with Crippen molar-refractivity contribution in [3.8, 4) is 0 Å². The van der Waals surface area contributed by atoms with E-state index in [2.05, 4.69) is 82.2 Å². The zero-order valence-electron chi connectivity index (χ0n) is 38.2. The Balaban J connectivity index is 0.00000544. The Kier molecular flexibility index (Phi) is 12.2. The molecule has 7 aliphatic rings. The molecule has 1 saturated heterocycles. The van der Waals surface area contributed by atoms with Gasteiger partial charge in [-0.15, -0.1) is 0 Å². The van der Waals surface area contributed by atoms with Gasteiger partial charge in [0.25, 0.3) is 0 Å². The molecule has 0 bridgehead atoms. The fourth-order valence-corrected chi connectivity index (χ4v) is 16.6. The number of allylic oxidation sites excluding steroid dienone is 1. The third kappa shape index (κ3) is 7.42. The number of piperazine rings is 1. The van der Waals surface area contributed by atoms with Gasteiger partial charge in [-0.2, -0.15) is 0 Å². The summed E-state index contributed by atoms with van der Waals surface area (Å²) in [6.07, 6.45) is 15.8. The van der Waals surface area contributed by atoms with E-state index in [4.69, 9.17) is 4.74 Å². The Labute approximate surface area is 364 Å². The van der Waals surface area contributed by atoms with Crippen LogP contribution in [0.4, 0.5) is 0 Å². The molecule has 1 unspecified atom stereocenters. The van der Waals surface area contributed by atoms with E-state index in [1.54, 1.807) is 0 Å². The molecule has 7 nitrogen and oxygen atoms in total. The van der Waals surface area contributed by atoms with E-state index in [0.717, 1.165) is 58.3 Å². The van der Waals surface area contributed by atoms with Crippen LogP contribution in [0.3, 0.4) is 0 Å². The van der Waals surface area contributed by atoms with Gasteiger partial charge in [-0.1, -0.05) is 92.3 Å². The number of fused-ring (bicyclic) bond motifs is 8. The predicted molar refractivity (Wildman–Crippen MR) is 241 cm³/mol. The SMILES string of the molecule is C.C=C(C)[C@@H]1CC[C@]2(CC(=O)N3CCN(C4CCCc5ccccc54)CC3)CC[C@]3(C)[C@H](CC[C@@H]4[C@@]5(C)CC[C@H](OC(=O)CC(C)(C)CC(=O)O)C(C)(C)[C@@H]5CC[C@]43C)[C@@H]12. The maximum Gasteiger partial charge on any atom is 0.306 e. The number of nitrogens with zero attached hydrogens (tertiary/aromatic N) is 2. The van der Waals surface area contributed by atoms with Crippen LogP contribution in [0.1, 0.15) is 176 Å². The van der Waals surface area contributed by atoms with Crippen LogP contribution in [0.5, 0.6) is 0 Å². The summed E-state index contributed by atoms with van der Waals surface area (Å²) in [5.74, 6) is 1.93. The standard InChI is InChI=1S/C52H78N2O5.CH4/c1-34(2)36-19-24-52(31-43(55)54-29-27-53(28-30-54)39-16-12-14-35-13-10-11-15-37(35)39)26-25-50(8)38(46(36)52)17-18-41-49(7)22-21-42(48(5,6)40(49)20-23-51(41,50)9)59-45(58)33-47(3,4)32-44(56)57;/h10-11,13,15,36,38-42,46H,1,12,14,16-33H2,2-9H3,(H,56,57);1H4/t36-,38+,39?,40-,41+,42-,46+,49-,50+,51+,52+;/m0./s1. The molecule has 1 N–H and O–H groups in total. The quantitative estimate of drug-likeness (QED) is 0.197. The van der Waals surface area contributed by atoms with Gasteiger partial charge >= 0.3 is 11.9 Å². The molecule has 6 aliphatic carbocycles. The molecule has 1 amide bonds. The van der Waals surface area contributed by atoms with Gasteiger partial charge in [0, 0.05) is 44.1 Å².